The summed E-state index contributed by atoms with van der Waals surface area (Å²) >= 11 is 0. The lowest BCUT2D eigenvalue weighted by atomic mass is 10.1. The van der Waals surface area contributed by atoms with E-state index in [4.69, 9.17) is 5.26 Å². The minimum Gasteiger partial charge on any atom is -0.508 e. The number of carbonyl (C=O) groups excluding carboxylic acids is 1. The Kier molecular flexibility index (Phi) is 5.78. The van der Waals surface area contributed by atoms with Gasteiger partial charge in [0, 0.05) is 24.5 Å². The molecule has 0 fully saturated rings. The molecular formula is C18H17N3O2. The van der Waals surface area contributed by atoms with Gasteiger partial charge in [0.25, 0.3) is 5.91 Å². The number of amides is 1. The SMILES string of the molecule is N#C/C(=C/Nc1cccc(O)c1)C(=O)NCCc1ccccc1. The molecule has 0 aliphatic rings. The molecule has 2 aromatic carbocycles. The molecule has 1 amide bonds. The van der Waals surface area contributed by atoms with Crippen molar-refractivity contribution >= 4 is 11.6 Å². The van der Waals surface area contributed by atoms with Crippen LogP contribution in [0.3, 0.4) is 0 Å². The highest BCUT2D eigenvalue weighted by Gasteiger charge is 2.08. The van der Waals surface area contributed by atoms with E-state index in [1.165, 1.54) is 18.3 Å². The van der Waals surface area contributed by atoms with Gasteiger partial charge in [-0.25, -0.2) is 0 Å². The molecule has 0 aromatic heterocycles. The molecule has 23 heavy (non-hydrogen) atoms. The Morgan fingerprint density at radius 2 is 1.96 bits per heavy atom. The third kappa shape index (κ3) is 5.21. The van der Waals surface area contributed by atoms with Gasteiger partial charge in [-0.15, -0.1) is 0 Å². The van der Waals surface area contributed by atoms with E-state index in [0.717, 1.165) is 5.56 Å². The highest BCUT2D eigenvalue weighted by molar-refractivity contribution is 5.97. The number of nitrogens with zero attached hydrogens (tertiary/aromatic N) is 1. The Morgan fingerprint density at radius 3 is 2.65 bits per heavy atom. The Balaban J connectivity index is 1.88. The fraction of sp³-hybridized carbons (Fsp3) is 0.111. The number of phenolic OH excluding ortho intramolecular Hbond substituents is 1. The Labute approximate surface area is 134 Å². The molecule has 0 saturated carbocycles. The standard InChI is InChI=1S/C18H17N3O2/c19-12-15(13-21-16-7-4-8-17(22)11-16)18(23)20-10-9-14-5-2-1-3-6-14/h1-8,11,13,21-22H,9-10H2,(H,20,23)/b15-13-. The smallest absolute Gasteiger partial charge is 0.263 e. The van der Waals surface area contributed by atoms with E-state index in [9.17, 15) is 9.90 Å². The van der Waals surface area contributed by atoms with Crippen molar-refractivity contribution < 1.29 is 9.90 Å². The van der Waals surface area contributed by atoms with Gasteiger partial charge in [0.15, 0.2) is 0 Å². The van der Waals surface area contributed by atoms with E-state index >= 15 is 0 Å². The third-order valence-electron chi connectivity index (χ3n) is 3.14. The van der Waals surface area contributed by atoms with Crippen molar-refractivity contribution in [3.8, 4) is 11.8 Å². The molecule has 0 unspecified atom stereocenters. The highest BCUT2D eigenvalue weighted by Crippen LogP contribution is 2.15. The molecule has 0 heterocycles. The first-order valence-electron chi connectivity index (χ1n) is 7.17. The molecular weight excluding hydrogens is 290 g/mol. The van der Waals surface area contributed by atoms with Crippen LogP contribution in [-0.4, -0.2) is 17.6 Å². The van der Waals surface area contributed by atoms with Gasteiger partial charge in [0.1, 0.15) is 17.4 Å². The lowest BCUT2D eigenvalue weighted by Gasteiger charge is -2.05. The molecule has 3 N–H and O–H groups in total. The number of phenols is 1. The number of anilines is 1. The second kappa shape index (κ2) is 8.25. The van der Waals surface area contributed by atoms with E-state index in [2.05, 4.69) is 10.6 Å². The number of aromatic hydroxyl groups is 1. The highest BCUT2D eigenvalue weighted by atomic mass is 16.3. The molecule has 0 saturated heterocycles. The van der Waals surface area contributed by atoms with E-state index in [-0.39, 0.29) is 11.3 Å². The predicted octanol–water partition coefficient (Wildman–Crippen LogP) is 2.57. The van der Waals surface area contributed by atoms with Crippen LogP contribution in [0.5, 0.6) is 5.75 Å². The summed E-state index contributed by atoms with van der Waals surface area (Å²) in [5.74, 6) is -0.328. The predicted molar refractivity (Wildman–Crippen MR) is 88.6 cm³/mol. The number of carbonyl (C=O) groups is 1. The zero-order valence-corrected chi connectivity index (χ0v) is 12.5. The monoisotopic (exact) mass is 307 g/mol. The maximum atomic E-state index is 12.0. The van der Waals surface area contributed by atoms with Crippen LogP contribution in [0, 0.1) is 11.3 Å². The van der Waals surface area contributed by atoms with Gasteiger partial charge in [-0.3, -0.25) is 4.79 Å². The van der Waals surface area contributed by atoms with Gasteiger partial charge in [-0.2, -0.15) is 5.26 Å². The van der Waals surface area contributed by atoms with E-state index in [0.29, 0.717) is 18.7 Å². The number of nitrogens with one attached hydrogen (secondary N) is 2. The minimum absolute atomic E-state index is 0.0265. The van der Waals surface area contributed by atoms with Crippen LogP contribution in [0.2, 0.25) is 0 Å². The van der Waals surface area contributed by atoms with Crippen LogP contribution in [-0.2, 0) is 11.2 Å². The number of benzene rings is 2. The zero-order chi connectivity index (χ0) is 16.5. The summed E-state index contributed by atoms with van der Waals surface area (Å²) in [6, 6.07) is 18.1. The maximum absolute atomic E-state index is 12.0. The van der Waals surface area contributed by atoms with Gasteiger partial charge in [0.05, 0.1) is 0 Å². The molecule has 0 spiro atoms. The first-order valence-corrected chi connectivity index (χ1v) is 7.17. The van der Waals surface area contributed by atoms with Crippen LogP contribution in [0.4, 0.5) is 5.69 Å². The molecule has 116 valence electrons. The molecule has 0 radical (unpaired) electrons. The molecule has 0 atom stereocenters. The van der Waals surface area contributed by atoms with Crippen molar-refractivity contribution in [2.75, 3.05) is 11.9 Å². The Morgan fingerprint density at radius 1 is 1.17 bits per heavy atom. The number of rotatable bonds is 6. The van der Waals surface area contributed by atoms with Crippen LogP contribution in [0.15, 0.2) is 66.4 Å². The second-order valence-corrected chi connectivity index (χ2v) is 4.86. The van der Waals surface area contributed by atoms with Gasteiger partial charge >= 0.3 is 0 Å². The van der Waals surface area contributed by atoms with Crippen molar-refractivity contribution in [3.63, 3.8) is 0 Å². The zero-order valence-electron chi connectivity index (χ0n) is 12.5. The molecule has 0 aliphatic heterocycles. The lowest BCUT2D eigenvalue weighted by Crippen LogP contribution is -2.27. The van der Waals surface area contributed by atoms with Crippen molar-refractivity contribution in [1.29, 1.82) is 5.26 Å². The lowest BCUT2D eigenvalue weighted by molar-refractivity contribution is -0.117. The summed E-state index contributed by atoms with van der Waals surface area (Å²) in [4.78, 5) is 12.0. The number of hydrogen-bond acceptors (Lipinski definition) is 4. The number of hydrogen-bond donors (Lipinski definition) is 3. The fourth-order valence-electron chi connectivity index (χ4n) is 1.96. The van der Waals surface area contributed by atoms with Crippen molar-refractivity contribution in [2.24, 2.45) is 0 Å². The summed E-state index contributed by atoms with van der Waals surface area (Å²) in [5.41, 5.74) is 1.68. The maximum Gasteiger partial charge on any atom is 0.263 e. The van der Waals surface area contributed by atoms with Crippen LogP contribution >= 0.6 is 0 Å². The summed E-state index contributed by atoms with van der Waals surface area (Å²) in [5, 5.41) is 24.0. The Hall–Kier alpha value is -3.26. The quantitative estimate of drug-likeness (QED) is 0.565. The van der Waals surface area contributed by atoms with E-state index in [1.54, 1.807) is 12.1 Å². The largest absolute Gasteiger partial charge is 0.508 e. The summed E-state index contributed by atoms with van der Waals surface area (Å²) in [6.45, 7) is 0.452. The van der Waals surface area contributed by atoms with Crippen molar-refractivity contribution in [2.45, 2.75) is 6.42 Å². The Bertz CT molecular complexity index is 733. The fourth-order valence-corrected chi connectivity index (χ4v) is 1.96. The molecule has 0 bridgehead atoms. The van der Waals surface area contributed by atoms with E-state index in [1.807, 2.05) is 36.4 Å². The first kappa shape index (κ1) is 16.1. The minimum atomic E-state index is -0.434. The van der Waals surface area contributed by atoms with Gasteiger partial charge in [0.2, 0.25) is 0 Å². The van der Waals surface area contributed by atoms with Crippen LogP contribution in [0.25, 0.3) is 0 Å². The second-order valence-electron chi connectivity index (χ2n) is 4.86. The van der Waals surface area contributed by atoms with Gasteiger partial charge in [-0.1, -0.05) is 36.4 Å². The van der Waals surface area contributed by atoms with Gasteiger partial charge in [-0.05, 0) is 24.1 Å². The third-order valence-corrected chi connectivity index (χ3v) is 3.14. The first-order chi connectivity index (χ1) is 11.2. The number of nitriles is 1. The molecule has 2 rings (SSSR count). The summed E-state index contributed by atoms with van der Waals surface area (Å²) in [6.07, 6.45) is 2.03. The summed E-state index contributed by atoms with van der Waals surface area (Å²) < 4.78 is 0. The molecule has 5 heteroatoms. The van der Waals surface area contributed by atoms with Gasteiger partial charge < -0.3 is 15.7 Å². The molecule has 5 nitrogen and oxygen atoms in total. The molecule has 2 aromatic rings. The van der Waals surface area contributed by atoms with Crippen LogP contribution in [0.1, 0.15) is 5.56 Å². The topological polar surface area (TPSA) is 85.2 Å². The average Bonchev–Trinajstić information content (AvgIpc) is 2.56. The van der Waals surface area contributed by atoms with Crippen molar-refractivity contribution in [1.82, 2.24) is 5.32 Å². The van der Waals surface area contributed by atoms with Crippen LogP contribution < -0.4 is 10.6 Å². The normalized spacial score (nSPS) is 10.7. The van der Waals surface area contributed by atoms with Crippen molar-refractivity contribution in [3.05, 3.63) is 71.9 Å². The summed E-state index contributed by atoms with van der Waals surface area (Å²) in [7, 11) is 0. The molecule has 0 aliphatic carbocycles. The average molecular weight is 307 g/mol. The van der Waals surface area contributed by atoms with E-state index < -0.39 is 5.91 Å².